The Morgan fingerprint density at radius 2 is 1.67 bits per heavy atom. The van der Waals surface area contributed by atoms with Crippen LogP contribution in [0.4, 0.5) is 15.3 Å². The van der Waals surface area contributed by atoms with Crippen LogP contribution in [0.1, 0.15) is 31.1 Å². The number of carbonyl (C=O) groups excluding carboxylic acids is 4. The number of imide groups is 1. The van der Waals surface area contributed by atoms with Crippen molar-refractivity contribution in [2.75, 3.05) is 11.9 Å². The number of anilines is 1. The highest BCUT2D eigenvalue weighted by Crippen LogP contribution is 2.10. The molecule has 0 aliphatic rings. The van der Waals surface area contributed by atoms with E-state index in [2.05, 4.69) is 10.6 Å². The minimum atomic E-state index is -0.753. The third-order valence-corrected chi connectivity index (χ3v) is 2.46. The van der Waals surface area contributed by atoms with Gasteiger partial charge in [-0.1, -0.05) is 0 Å². The highest BCUT2D eigenvalue weighted by atomic mass is 16.5. The van der Waals surface area contributed by atoms with Crippen molar-refractivity contribution in [3.8, 4) is 0 Å². The lowest BCUT2D eigenvalue weighted by Gasteiger charge is -2.20. The molecule has 0 atom stereocenters. The van der Waals surface area contributed by atoms with Crippen molar-refractivity contribution in [1.82, 2.24) is 10.6 Å². The molecule has 1 aromatic carbocycles. The molecule has 5 amide bonds. The third-order valence-electron chi connectivity index (χ3n) is 2.46. The van der Waals surface area contributed by atoms with Gasteiger partial charge in [0, 0.05) is 11.2 Å². The van der Waals surface area contributed by atoms with Gasteiger partial charge in [0.1, 0.15) is 0 Å². The zero-order valence-corrected chi connectivity index (χ0v) is 13.6. The molecule has 0 radical (unpaired) electrons. The number of rotatable bonds is 4. The Labute approximate surface area is 138 Å². The van der Waals surface area contributed by atoms with Crippen LogP contribution in [-0.4, -0.2) is 36.1 Å². The second kappa shape index (κ2) is 7.95. The molecule has 0 aliphatic heterocycles. The van der Waals surface area contributed by atoms with E-state index in [-0.39, 0.29) is 5.56 Å². The summed E-state index contributed by atoms with van der Waals surface area (Å²) in [6.45, 7) is 4.67. The van der Waals surface area contributed by atoms with Crippen molar-refractivity contribution in [3.05, 3.63) is 29.8 Å². The lowest BCUT2D eigenvalue weighted by molar-refractivity contribution is -0.123. The van der Waals surface area contributed by atoms with Gasteiger partial charge in [-0.25, -0.2) is 14.4 Å². The predicted molar refractivity (Wildman–Crippen MR) is 86.4 cm³/mol. The molecule has 0 fully saturated rings. The fourth-order valence-corrected chi connectivity index (χ4v) is 1.58. The Morgan fingerprint density at radius 3 is 2.17 bits per heavy atom. The zero-order valence-electron chi connectivity index (χ0n) is 13.6. The molecule has 0 spiro atoms. The molecule has 1 rings (SSSR count). The number of carbonyl (C=O) groups is 4. The van der Waals surface area contributed by atoms with Gasteiger partial charge in [-0.3, -0.25) is 10.1 Å². The Hall–Kier alpha value is -3.10. The maximum Gasteiger partial charge on any atom is 0.338 e. The van der Waals surface area contributed by atoms with E-state index in [1.54, 1.807) is 20.8 Å². The van der Waals surface area contributed by atoms with Crippen molar-refractivity contribution in [2.45, 2.75) is 26.3 Å². The summed E-state index contributed by atoms with van der Waals surface area (Å²) in [5, 5.41) is 6.92. The van der Waals surface area contributed by atoms with Crippen molar-refractivity contribution in [2.24, 2.45) is 5.73 Å². The zero-order chi connectivity index (χ0) is 18.3. The Bertz CT molecular complexity index is 634. The molecule has 0 aromatic heterocycles. The normalized spacial score (nSPS) is 10.5. The third kappa shape index (κ3) is 7.25. The number of hydrogen-bond donors (Lipinski definition) is 4. The second-order valence-corrected chi connectivity index (χ2v) is 5.90. The van der Waals surface area contributed by atoms with Crippen molar-refractivity contribution >= 4 is 29.6 Å². The Kier molecular flexibility index (Phi) is 6.28. The predicted octanol–water partition coefficient (Wildman–Crippen LogP) is 0.958. The first-order chi connectivity index (χ1) is 11.1. The van der Waals surface area contributed by atoms with Crippen LogP contribution in [-0.2, 0) is 9.53 Å². The highest BCUT2D eigenvalue weighted by Gasteiger charge is 2.17. The molecular formula is C15H20N4O5. The lowest BCUT2D eigenvalue weighted by atomic mass is 10.1. The monoisotopic (exact) mass is 336 g/mol. The van der Waals surface area contributed by atoms with Crippen LogP contribution < -0.4 is 21.7 Å². The van der Waals surface area contributed by atoms with Gasteiger partial charge in [-0.05, 0) is 45.0 Å². The molecule has 5 N–H and O–H groups in total. The van der Waals surface area contributed by atoms with Gasteiger partial charge in [0.2, 0.25) is 0 Å². The average Bonchev–Trinajstić information content (AvgIpc) is 2.42. The van der Waals surface area contributed by atoms with Crippen molar-refractivity contribution < 1.29 is 23.9 Å². The summed E-state index contributed by atoms with van der Waals surface area (Å²) in [5.74, 6) is -1.50. The first kappa shape index (κ1) is 18.9. The average molecular weight is 336 g/mol. The summed E-state index contributed by atoms with van der Waals surface area (Å²) in [6, 6.07) is 4.31. The number of primary amides is 1. The minimum absolute atomic E-state index is 0.178. The van der Waals surface area contributed by atoms with Gasteiger partial charge in [0.05, 0.1) is 5.56 Å². The summed E-state index contributed by atoms with van der Waals surface area (Å²) in [4.78, 5) is 45.5. The van der Waals surface area contributed by atoms with E-state index in [0.717, 1.165) is 0 Å². The van der Waals surface area contributed by atoms with Crippen LogP contribution in [0.15, 0.2) is 24.3 Å². The van der Waals surface area contributed by atoms with E-state index in [1.165, 1.54) is 24.3 Å². The minimum Gasteiger partial charge on any atom is -0.452 e. The first-order valence-electron chi connectivity index (χ1n) is 7.02. The van der Waals surface area contributed by atoms with Gasteiger partial charge in [-0.2, -0.15) is 0 Å². The molecule has 0 saturated carbocycles. The summed E-state index contributed by atoms with van der Waals surface area (Å²) < 4.78 is 4.80. The summed E-state index contributed by atoms with van der Waals surface area (Å²) >= 11 is 0. The van der Waals surface area contributed by atoms with Gasteiger partial charge >= 0.3 is 18.0 Å². The van der Waals surface area contributed by atoms with E-state index in [4.69, 9.17) is 10.5 Å². The largest absolute Gasteiger partial charge is 0.452 e. The molecule has 0 aliphatic carbocycles. The van der Waals surface area contributed by atoms with E-state index < -0.39 is 36.1 Å². The van der Waals surface area contributed by atoms with E-state index in [1.807, 2.05) is 5.32 Å². The van der Waals surface area contributed by atoms with Crippen LogP contribution >= 0.6 is 0 Å². The van der Waals surface area contributed by atoms with Crippen LogP contribution in [0, 0.1) is 0 Å². The maximum absolute atomic E-state index is 11.8. The number of ether oxygens (including phenoxy) is 1. The van der Waals surface area contributed by atoms with Gasteiger partial charge in [0.15, 0.2) is 6.61 Å². The molecule has 9 nitrogen and oxygen atoms in total. The van der Waals surface area contributed by atoms with Crippen molar-refractivity contribution in [1.29, 1.82) is 0 Å². The molecule has 9 heteroatoms. The first-order valence-corrected chi connectivity index (χ1v) is 7.02. The Morgan fingerprint density at radius 1 is 1.08 bits per heavy atom. The molecule has 0 saturated heterocycles. The lowest BCUT2D eigenvalue weighted by Crippen LogP contribution is -2.49. The molecule has 1 aromatic rings. The van der Waals surface area contributed by atoms with Crippen LogP contribution in [0.3, 0.4) is 0 Å². The number of nitrogens with two attached hydrogens (primary N) is 1. The maximum atomic E-state index is 11.8. The Balaban J connectivity index is 2.46. The molecule has 130 valence electrons. The molecule has 0 bridgehead atoms. The van der Waals surface area contributed by atoms with E-state index in [0.29, 0.717) is 5.69 Å². The highest BCUT2D eigenvalue weighted by molar-refractivity contribution is 5.97. The number of urea groups is 2. The molecule has 24 heavy (non-hydrogen) atoms. The topological polar surface area (TPSA) is 140 Å². The number of nitrogens with one attached hydrogen (secondary N) is 3. The van der Waals surface area contributed by atoms with Gasteiger partial charge in [0.25, 0.3) is 5.91 Å². The van der Waals surface area contributed by atoms with Gasteiger partial charge < -0.3 is 21.1 Å². The number of esters is 1. The number of hydrogen-bond acceptors (Lipinski definition) is 5. The summed E-state index contributed by atoms with van der Waals surface area (Å²) in [7, 11) is 0. The number of benzene rings is 1. The standard InChI is InChI=1S/C15H20N4O5/c1-15(2,3)19-14(23)18-11(20)8-24-12(21)9-4-6-10(7-5-9)17-13(16)22/h4-7H,8H2,1-3H3,(H3,16,17,22)(H2,18,19,20,23). The fourth-order valence-electron chi connectivity index (χ4n) is 1.58. The van der Waals surface area contributed by atoms with Crippen LogP contribution in [0.2, 0.25) is 0 Å². The molecule has 0 unspecified atom stereocenters. The van der Waals surface area contributed by atoms with E-state index >= 15 is 0 Å². The quantitative estimate of drug-likeness (QED) is 0.606. The molecular weight excluding hydrogens is 316 g/mol. The smallest absolute Gasteiger partial charge is 0.338 e. The number of amides is 5. The summed E-state index contributed by atoms with van der Waals surface area (Å²) in [6.07, 6.45) is 0. The van der Waals surface area contributed by atoms with Crippen molar-refractivity contribution in [3.63, 3.8) is 0 Å². The van der Waals surface area contributed by atoms with Crippen LogP contribution in [0.25, 0.3) is 0 Å². The SMILES string of the molecule is CC(C)(C)NC(=O)NC(=O)COC(=O)c1ccc(NC(N)=O)cc1. The van der Waals surface area contributed by atoms with Gasteiger partial charge in [-0.15, -0.1) is 0 Å². The van der Waals surface area contributed by atoms with Crippen LogP contribution in [0.5, 0.6) is 0 Å². The fraction of sp³-hybridized carbons (Fsp3) is 0.333. The molecule has 0 heterocycles. The summed E-state index contributed by atoms with van der Waals surface area (Å²) in [5.41, 5.74) is 5.05. The second-order valence-electron chi connectivity index (χ2n) is 5.90. The van der Waals surface area contributed by atoms with E-state index in [9.17, 15) is 19.2 Å².